The van der Waals surface area contributed by atoms with E-state index in [0.717, 1.165) is 18.5 Å². The van der Waals surface area contributed by atoms with Gasteiger partial charge < -0.3 is 14.3 Å². The van der Waals surface area contributed by atoms with Crippen molar-refractivity contribution in [3.63, 3.8) is 0 Å². The van der Waals surface area contributed by atoms with Gasteiger partial charge in [0.1, 0.15) is 17.4 Å². The van der Waals surface area contributed by atoms with Gasteiger partial charge in [-0.2, -0.15) is 5.10 Å². The van der Waals surface area contributed by atoms with Crippen molar-refractivity contribution < 1.29 is 13.6 Å². The number of carbonyl (C=O) groups excluding carboxylic acids is 1. The minimum absolute atomic E-state index is 0.0363. The van der Waals surface area contributed by atoms with Crippen LogP contribution in [-0.4, -0.2) is 47.1 Å². The molecule has 5 heterocycles. The SMILES string of the molecule is O=C(c1nnc(C2CC2)o1)N1CCc2[nH]cnc2[C@@H]1c1cc2c(F)cccn2n1. The van der Waals surface area contributed by atoms with Gasteiger partial charge in [0.15, 0.2) is 0 Å². The Bertz CT molecular complexity index is 1240. The molecule has 10 heteroatoms. The summed E-state index contributed by atoms with van der Waals surface area (Å²) in [4.78, 5) is 22.4. The highest BCUT2D eigenvalue weighted by Crippen LogP contribution is 2.39. The zero-order valence-electron chi connectivity index (χ0n) is 15.2. The third-order valence-corrected chi connectivity index (χ3v) is 5.49. The summed E-state index contributed by atoms with van der Waals surface area (Å²) in [6.45, 7) is 0.427. The van der Waals surface area contributed by atoms with E-state index in [4.69, 9.17) is 4.42 Å². The molecule has 0 aromatic carbocycles. The first-order chi connectivity index (χ1) is 14.2. The second-order valence-corrected chi connectivity index (χ2v) is 7.39. The average Bonchev–Trinajstić information content (AvgIpc) is 3.13. The van der Waals surface area contributed by atoms with E-state index < -0.39 is 6.04 Å². The lowest BCUT2D eigenvalue weighted by Gasteiger charge is -2.32. The molecular weight excluding hydrogens is 377 g/mol. The standard InChI is InChI=1S/C19H16FN7O2/c20-11-2-1-6-27-14(11)8-13(25-27)16-15-12(21-9-22-15)5-7-26(16)19(28)18-24-23-17(29-18)10-3-4-10/h1-2,6,8-10,16H,3-5,7H2,(H,21,22)/t16-/m0/s1. The van der Waals surface area contributed by atoms with Gasteiger partial charge in [0, 0.05) is 30.8 Å². The van der Waals surface area contributed by atoms with Gasteiger partial charge in [0.2, 0.25) is 5.89 Å². The van der Waals surface area contributed by atoms with Crippen molar-refractivity contribution in [1.82, 2.24) is 34.7 Å². The molecule has 1 saturated carbocycles. The third kappa shape index (κ3) is 2.55. The van der Waals surface area contributed by atoms with Crippen LogP contribution >= 0.6 is 0 Å². The molecular formula is C19H16FN7O2. The van der Waals surface area contributed by atoms with E-state index >= 15 is 0 Å². The molecule has 4 aromatic heterocycles. The molecule has 9 nitrogen and oxygen atoms in total. The van der Waals surface area contributed by atoms with E-state index in [1.54, 1.807) is 29.6 Å². The fourth-order valence-electron chi connectivity index (χ4n) is 3.87. The number of rotatable bonds is 3. The van der Waals surface area contributed by atoms with Crippen LogP contribution in [-0.2, 0) is 6.42 Å². The number of carbonyl (C=O) groups is 1. The number of nitrogens with zero attached hydrogens (tertiary/aromatic N) is 6. The number of hydrogen-bond donors (Lipinski definition) is 1. The van der Waals surface area contributed by atoms with Crippen LogP contribution in [0.4, 0.5) is 4.39 Å². The average molecular weight is 393 g/mol. The largest absolute Gasteiger partial charge is 0.417 e. The van der Waals surface area contributed by atoms with Gasteiger partial charge in [0.05, 0.1) is 17.7 Å². The highest BCUT2D eigenvalue weighted by molar-refractivity contribution is 5.90. The lowest BCUT2D eigenvalue weighted by molar-refractivity contribution is 0.0644. The molecule has 0 saturated heterocycles. The van der Waals surface area contributed by atoms with Crippen LogP contribution in [0.3, 0.4) is 0 Å². The molecule has 1 aliphatic carbocycles. The molecule has 1 atom stereocenters. The summed E-state index contributed by atoms with van der Waals surface area (Å²) in [5.74, 6) is -0.0164. The monoisotopic (exact) mass is 393 g/mol. The number of H-pyrrole nitrogens is 1. The first kappa shape index (κ1) is 16.4. The Morgan fingerprint density at radius 1 is 1.31 bits per heavy atom. The lowest BCUT2D eigenvalue weighted by Crippen LogP contribution is -2.41. The summed E-state index contributed by atoms with van der Waals surface area (Å²) in [5.41, 5.74) is 2.49. The van der Waals surface area contributed by atoms with Crippen molar-refractivity contribution in [2.45, 2.75) is 31.2 Å². The summed E-state index contributed by atoms with van der Waals surface area (Å²) in [6, 6.07) is 4.03. The Labute approximate surface area is 163 Å². The van der Waals surface area contributed by atoms with Gasteiger partial charge in [0.25, 0.3) is 0 Å². The van der Waals surface area contributed by atoms with Gasteiger partial charge in [-0.25, -0.2) is 13.9 Å². The maximum Gasteiger partial charge on any atom is 0.312 e. The Hall–Kier alpha value is -3.56. The van der Waals surface area contributed by atoms with E-state index in [-0.39, 0.29) is 23.5 Å². The minimum Gasteiger partial charge on any atom is -0.417 e. The second-order valence-electron chi connectivity index (χ2n) is 7.39. The minimum atomic E-state index is -0.576. The number of hydrogen-bond acceptors (Lipinski definition) is 6. The van der Waals surface area contributed by atoms with E-state index in [0.29, 0.717) is 35.8 Å². The number of aromatic amines is 1. The van der Waals surface area contributed by atoms with Crippen molar-refractivity contribution >= 4 is 11.4 Å². The molecule has 0 unspecified atom stereocenters. The van der Waals surface area contributed by atoms with E-state index in [1.807, 2.05) is 0 Å². The summed E-state index contributed by atoms with van der Waals surface area (Å²) in [7, 11) is 0. The fraction of sp³-hybridized carbons (Fsp3) is 0.316. The lowest BCUT2D eigenvalue weighted by atomic mass is 9.99. The Morgan fingerprint density at radius 2 is 2.21 bits per heavy atom. The number of nitrogens with one attached hydrogen (secondary N) is 1. The summed E-state index contributed by atoms with van der Waals surface area (Å²) < 4.78 is 21.3. The van der Waals surface area contributed by atoms with E-state index in [2.05, 4.69) is 25.3 Å². The molecule has 146 valence electrons. The second kappa shape index (κ2) is 5.97. The summed E-state index contributed by atoms with van der Waals surface area (Å²) in [6.07, 6.45) is 5.89. The van der Waals surface area contributed by atoms with Gasteiger partial charge in [-0.3, -0.25) is 4.79 Å². The van der Waals surface area contributed by atoms with Crippen molar-refractivity contribution in [3.05, 3.63) is 65.4 Å². The van der Waals surface area contributed by atoms with E-state index in [1.165, 1.54) is 10.6 Å². The van der Waals surface area contributed by atoms with Crippen LogP contribution < -0.4 is 0 Å². The molecule has 6 rings (SSSR count). The zero-order chi connectivity index (χ0) is 19.5. The van der Waals surface area contributed by atoms with Crippen LogP contribution in [0.1, 0.15) is 58.5 Å². The highest BCUT2D eigenvalue weighted by Gasteiger charge is 2.39. The summed E-state index contributed by atoms with van der Waals surface area (Å²) in [5, 5.41) is 12.5. The molecule has 2 aliphatic rings. The normalized spacial score (nSPS) is 18.9. The maximum atomic E-state index is 14.2. The zero-order valence-corrected chi connectivity index (χ0v) is 15.2. The first-order valence-electron chi connectivity index (χ1n) is 9.49. The van der Waals surface area contributed by atoms with Crippen LogP contribution in [0.15, 0.2) is 35.1 Å². The van der Waals surface area contributed by atoms with E-state index in [9.17, 15) is 9.18 Å². The molecule has 0 bridgehead atoms. The van der Waals surface area contributed by atoms with Gasteiger partial charge in [-0.05, 0) is 31.0 Å². The van der Waals surface area contributed by atoms with Crippen LogP contribution in [0.25, 0.3) is 5.52 Å². The van der Waals surface area contributed by atoms with Gasteiger partial charge in [-0.15, -0.1) is 10.2 Å². The molecule has 1 N–H and O–H groups in total. The van der Waals surface area contributed by atoms with Crippen molar-refractivity contribution in [1.29, 1.82) is 0 Å². The summed E-state index contributed by atoms with van der Waals surface area (Å²) >= 11 is 0. The number of amides is 1. The smallest absolute Gasteiger partial charge is 0.312 e. The number of halogens is 1. The van der Waals surface area contributed by atoms with Crippen molar-refractivity contribution in [3.8, 4) is 0 Å². The molecule has 1 amide bonds. The Kier molecular flexibility index (Phi) is 3.37. The number of fused-ring (bicyclic) bond motifs is 2. The highest BCUT2D eigenvalue weighted by atomic mass is 19.1. The maximum absolute atomic E-state index is 14.2. The van der Waals surface area contributed by atoms with Gasteiger partial charge in [-0.1, -0.05) is 0 Å². The fourth-order valence-corrected chi connectivity index (χ4v) is 3.87. The molecule has 1 aliphatic heterocycles. The topological polar surface area (TPSA) is 105 Å². The molecule has 0 spiro atoms. The van der Waals surface area contributed by atoms with Crippen molar-refractivity contribution in [2.75, 3.05) is 6.54 Å². The number of pyridine rings is 1. The Morgan fingerprint density at radius 3 is 3.03 bits per heavy atom. The Balaban J connectivity index is 1.44. The molecule has 29 heavy (non-hydrogen) atoms. The number of imidazole rings is 1. The van der Waals surface area contributed by atoms with Crippen LogP contribution in [0.5, 0.6) is 0 Å². The van der Waals surface area contributed by atoms with Gasteiger partial charge >= 0.3 is 11.8 Å². The number of aromatic nitrogens is 6. The van der Waals surface area contributed by atoms with Crippen LogP contribution in [0.2, 0.25) is 0 Å². The third-order valence-electron chi connectivity index (χ3n) is 5.49. The van der Waals surface area contributed by atoms with Crippen molar-refractivity contribution in [2.24, 2.45) is 0 Å². The molecule has 1 fully saturated rings. The quantitative estimate of drug-likeness (QED) is 0.572. The van der Waals surface area contributed by atoms with Crippen LogP contribution in [0, 0.1) is 5.82 Å². The molecule has 4 aromatic rings. The predicted molar refractivity (Wildman–Crippen MR) is 96.6 cm³/mol. The predicted octanol–water partition coefficient (Wildman–Crippen LogP) is 2.24. The first-order valence-corrected chi connectivity index (χ1v) is 9.49. The molecule has 0 radical (unpaired) electrons.